The highest BCUT2D eigenvalue weighted by molar-refractivity contribution is 4.93. The molecule has 2 aliphatic rings. The molecule has 2 saturated carbocycles. The Kier molecular flexibility index (Phi) is 3.12. The lowest BCUT2D eigenvalue weighted by Crippen LogP contribution is -2.38. The van der Waals surface area contributed by atoms with Gasteiger partial charge in [0.25, 0.3) is 0 Å². The van der Waals surface area contributed by atoms with E-state index in [0.29, 0.717) is 5.41 Å². The van der Waals surface area contributed by atoms with Crippen molar-refractivity contribution in [1.82, 2.24) is 5.32 Å². The number of nitrogens with one attached hydrogen (secondary N) is 1. The maximum absolute atomic E-state index is 3.91. The van der Waals surface area contributed by atoms with Crippen LogP contribution in [0.25, 0.3) is 0 Å². The summed E-state index contributed by atoms with van der Waals surface area (Å²) < 4.78 is 0. The lowest BCUT2D eigenvalue weighted by Gasteiger charge is -2.23. The van der Waals surface area contributed by atoms with Gasteiger partial charge >= 0.3 is 0 Å². The van der Waals surface area contributed by atoms with Gasteiger partial charge in [0.1, 0.15) is 0 Å². The number of hydrogen-bond donors (Lipinski definition) is 1. The Morgan fingerprint density at radius 3 is 2.27 bits per heavy atom. The normalized spacial score (nSPS) is 44.8. The maximum atomic E-state index is 3.91. The van der Waals surface area contributed by atoms with Gasteiger partial charge in [-0.3, -0.25) is 0 Å². The minimum absolute atomic E-state index is 0.571. The topological polar surface area (TPSA) is 12.0 Å². The summed E-state index contributed by atoms with van der Waals surface area (Å²) >= 11 is 0. The fourth-order valence-corrected chi connectivity index (χ4v) is 3.78. The molecule has 4 unspecified atom stereocenters. The van der Waals surface area contributed by atoms with Crippen molar-refractivity contribution in [2.75, 3.05) is 0 Å². The van der Waals surface area contributed by atoms with E-state index in [9.17, 15) is 0 Å². The molecule has 2 fully saturated rings. The summed E-state index contributed by atoms with van der Waals surface area (Å²) in [7, 11) is 0. The molecule has 0 bridgehead atoms. The highest BCUT2D eigenvalue weighted by Crippen LogP contribution is 2.41. The Morgan fingerprint density at radius 2 is 1.80 bits per heavy atom. The van der Waals surface area contributed by atoms with Crippen molar-refractivity contribution < 1.29 is 0 Å². The molecule has 0 spiro atoms. The van der Waals surface area contributed by atoms with Gasteiger partial charge in [0.05, 0.1) is 0 Å². The smallest absolute Gasteiger partial charge is 0.0101 e. The van der Waals surface area contributed by atoms with E-state index in [1.54, 1.807) is 0 Å². The van der Waals surface area contributed by atoms with Crippen molar-refractivity contribution in [2.24, 2.45) is 17.3 Å². The molecule has 2 aliphatic carbocycles. The predicted octanol–water partition coefficient (Wildman–Crippen LogP) is 3.59. The molecule has 0 radical (unpaired) electrons. The summed E-state index contributed by atoms with van der Waals surface area (Å²) in [6, 6.07) is 1.61. The van der Waals surface area contributed by atoms with Gasteiger partial charge in [-0.15, -0.1) is 0 Å². The second kappa shape index (κ2) is 4.08. The monoisotopic (exact) mass is 209 g/mol. The molecular formula is C14H27N. The highest BCUT2D eigenvalue weighted by Gasteiger charge is 2.38. The molecule has 0 heterocycles. The fourth-order valence-electron chi connectivity index (χ4n) is 3.78. The van der Waals surface area contributed by atoms with Gasteiger partial charge in [-0.25, -0.2) is 0 Å². The highest BCUT2D eigenvalue weighted by atomic mass is 15.0. The van der Waals surface area contributed by atoms with Crippen LogP contribution in [-0.4, -0.2) is 12.1 Å². The van der Waals surface area contributed by atoms with Gasteiger partial charge in [-0.2, -0.15) is 0 Å². The maximum Gasteiger partial charge on any atom is 0.0101 e. The zero-order chi connectivity index (χ0) is 11.1. The van der Waals surface area contributed by atoms with Gasteiger partial charge in [-0.1, -0.05) is 27.7 Å². The molecule has 15 heavy (non-hydrogen) atoms. The average Bonchev–Trinajstić information content (AvgIpc) is 2.58. The van der Waals surface area contributed by atoms with Crippen LogP contribution in [0.4, 0.5) is 0 Å². The molecule has 4 atom stereocenters. The van der Waals surface area contributed by atoms with Crippen molar-refractivity contribution in [3.63, 3.8) is 0 Å². The van der Waals surface area contributed by atoms with E-state index < -0.39 is 0 Å². The van der Waals surface area contributed by atoms with Crippen molar-refractivity contribution in [2.45, 2.75) is 71.9 Å². The van der Waals surface area contributed by atoms with Gasteiger partial charge in [0, 0.05) is 12.1 Å². The summed E-state index contributed by atoms with van der Waals surface area (Å²) in [6.45, 7) is 9.65. The molecule has 1 nitrogen and oxygen atoms in total. The first kappa shape index (κ1) is 11.4. The zero-order valence-electron chi connectivity index (χ0n) is 10.8. The second-order valence-corrected chi connectivity index (χ2v) is 6.94. The van der Waals surface area contributed by atoms with E-state index in [4.69, 9.17) is 0 Å². The van der Waals surface area contributed by atoms with Crippen molar-refractivity contribution in [3.8, 4) is 0 Å². The summed E-state index contributed by atoms with van der Waals surface area (Å²) in [6.07, 6.45) is 7.02. The largest absolute Gasteiger partial charge is 0.311 e. The van der Waals surface area contributed by atoms with Gasteiger partial charge in [0.2, 0.25) is 0 Å². The summed E-state index contributed by atoms with van der Waals surface area (Å²) in [4.78, 5) is 0. The van der Waals surface area contributed by atoms with Crippen LogP contribution in [0.3, 0.4) is 0 Å². The van der Waals surface area contributed by atoms with Crippen LogP contribution in [0.2, 0.25) is 0 Å². The molecule has 88 valence electrons. The van der Waals surface area contributed by atoms with Crippen molar-refractivity contribution >= 4 is 0 Å². The van der Waals surface area contributed by atoms with Crippen LogP contribution in [-0.2, 0) is 0 Å². The average molecular weight is 209 g/mol. The molecule has 1 heteroatoms. The van der Waals surface area contributed by atoms with Crippen LogP contribution >= 0.6 is 0 Å². The lowest BCUT2D eigenvalue weighted by atomic mass is 9.91. The van der Waals surface area contributed by atoms with Crippen molar-refractivity contribution in [3.05, 3.63) is 0 Å². The Labute approximate surface area is 95.0 Å². The van der Waals surface area contributed by atoms with Gasteiger partial charge in [-0.05, 0) is 49.4 Å². The zero-order valence-corrected chi connectivity index (χ0v) is 10.8. The third kappa shape index (κ3) is 2.75. The van der Waals surface area contributed by atoms with Gasteiger partial charge in [0.15, 0.2) is 0 Å². The minimum Gasteiger partial charge on any atom is -0.311 e. The Balaban J connectivity index is 1.85. The number of hydrogen-bond acceptors (Lipinski definition) is 1. The van der Waals surface area contributed by atoms with Crippen LogP contribution in [0.15, 0.2) is 0 Å². The molecule has 0 amide bonds. The SMILES string of the molecule is CC1CCC(NC2CC(C)(C)CC2C)C1. The summed E-state index contributed by atoms with van der Waals surface area (Å²) in [5.74, 6) is 1.82. The molecule has 0 aromatic heterocycles. The first-order valence-electron chi connectivity index (χ1n) is 6.72. The predicted molar refractivity (Wildman–Crippen MR) is 65.9 cm³/mol. The lowest BCUT2D eigenvalue weighted by molar-refractivity contribution is 0.349. The van der Waals surface area contributed by atoms with E-state index in [1.807, 2.05) is 0 Å². The molecule has 0 saturated heterocycles. The summed E-state index contributed by atoms with van der Waals surface area (Å²) in [5, 5.41) is 3.91. The second-order valence-electron chi connectivity index (χ2n) is 6.94. The quantitative estimate of drug-likeness (QED) is 0.733. The van der Waals surface area contributed by atoms with Crippen LogP contribution in [0, 0.1) is 17.3 Å². The summed E-state index contributed by atoms with van der Waals surface area (Å²) in [5.41, 5.74) is 0.571. The molecule has 0 aromatic carbocycles. The van der Waals surface area contributed by atoms with E-state index in [1.165, 1.54) is 32.1 Å². The van der Waals surface area contributed by atoms with E-state index in [0.717, 1.165) is 23.9 Å². The van der Waals surface area contributed by atoms with Crippen molar-refractivity contribution in [1.29, 1.82) is 0 Å². The first-order valence-corrected chi connectivity index (χ1v) is 6.72. The Bertz CT molecular complexity index is 221. The molecular weight excluding hydrogens is 182 g/mol. The molecule has 0 aliphatic heterocycles. The third-order valence-electron chi connectivity index (χ3n) is 4.48. The standard InChI is InChI=1S/C14H27N/c1-10-5-6-12(7-10)15-13-9-14(3,4)8-11(13)2/h10-13,15H,5-9H2,1-4H3. The molecule has 0 aromatic rings. The minimum atomic E-state index is 0.571. The van der Waals surface area contributed by atoms with E-state index in [-0.39, 0.29) is 0 Å². The Hall–Kier alpha value is -0.0400. The third-order valence-corrected chi connectivity index (χ3v) is 4.48. The molecule has 1 N–H and O–H groups in total. The van der Waals surface area contributed by atoms with Gasteiger partial charge < -0.3 is 5.32 Å². The van der Waals surface area contributed by atoms with E-state index >= 15 is 0 Å². The molecule has 2 rings (SSSR count). The van der Waals surface area contributed by atoms with Crippen LogP contribution in [0.5, 0.6) is 0 Å². The number of rotatable bonds is 2. The van der Waals surface area contributed by atoms with E-state index in [2.05, 4.69) is 33.0 Å². The van der Waals surface area contributed by atoms with Crippen LogP contribution in [0.1, 0.15) is 59.8 Å². The first-order chi connectivity index (χ1) is 6.96. The Morgan fingerprint density at radius 1 is 1.07 bits per heavy atom. The fraction of sp³-hybridized carbons (Fsp3) is 1.00. The van der Waals surface area contributed by atoms with Crippen LogP contribution < -0.4 is 5.32 Å².